The van der Waals surface area contributed by atoms with Crippen LogP contribution in [0.5, 0.6) is 5.75 Å². The topological polar surface area (TPSA) is 108 Å². The fraction of sp³-hybridized carbons (Fsp3) is 0.394. The summed E-state index contributed by atoms with van der Waals surface area (Å²) in [7, 11) is 0. The zero-order valence-corrected chi connectivity index (χ0v) is 26.2. The summed E-state index contributed by atoms with van der Waals surface area (Å²) in [5.41, 5.74) is 8.39. The molecule has 0 fully saturated rings. The summed E-state index contributed by atoms with van der Waals surface area (Å²) in [6.45, 7) is 6.89. The van der Waals surface area contributed by atoms with Gasteiger partial charge in [0.05, 0.1) is 35.4 Å². The number of ketones is 2. The zero-order chi connectivity index (χ0) is 30.0. The molecule has 0 saturated heterocycles. The number of nitrogen functional groups attached to an aromatic ring is 1. The van der Waals surface area contributed by atoms with Crippen molar-refractivity contribution in [2.45, 2.75) is 81.1 Å². The molecule has 0 spiro atoms. The quantitative estimate of drug-likeness (QED) is 0.0799. The number of carbonyl (C=O) groups is 2. The molecule has 4 aromatic rings. The van der Waals surface area contributed by atoms with Gasteiger partial charge in [-0.05, 0) is 48.6 Å². The van der Waals surface area contributed by atoms with Crippen LogP contribution in [0.25, 0.3) is 0 Å². The third-order valence-corrected chi connectivity index (χ3v) is 8.82. The molecule has 0 radical (unpaired) electrons. The lowest BCUT2D eigenvalue weighted by Crippen LogP contribution is -2.09. The van der Waals surface area contributed by atoms with E-state index in [1.165, 1.54) is 0 Å². The Morgan fingerprint density at radius 1 is 0.929 bits per heavy atom. The summed E-state index contributed by atoms with van der Waals surface area (Å²) in [6, 6.07) is 15.2. The second-order valence-corrected chi connectivity index (χ2v) is 13.7. The highest BCUT2D eigenvalue weighted by atomic mass is 32.2. The number of nitrogens with two attached hydrogens (primary N) is 1. The maximum Gasteiger partial charge on any atom is 0.204 e. The summed E-state index contributed by atoms with van der Waals surface area (Å²) in [5, 5.41) is 0.816. The normalized spacial score (nSPS) is 11.5. The molecule has 7 nitrogen and oxygen atoms in total. The molecule has 0 unspecified atom stereocenters. The van der Waals surface area contributed by atoms with Gasteiger partial charge < -0.3 is 14.9 Å². The number of rotatable bonds is 16. The largest absolute Gasteiger partial charge is 0.494 e. The van der Waals surface area contributed by atoms with Gasteiger partial charge in [0.15, 0.2) is 0 Å². The molecule has 0 amide bonds. The number of unbranched alkanes of at least 4 members (excludes halogenated alkanes) is 2. The number of para-hydroxylation sites is 1. The van der Waals surface area contributed by atoms with E-state index in [0.717, 1.165) is 51.1 Å². The smallest absolute Gasteiger partial charge is 0.204 e. The summed E-state index contributed by atoms with van der Waals surface area (Å²) in [5.74, 6) is 3.32. The molecule has 2 aromatic carbocycles. The van der Waals surface area contributed by atoms with Gasteiger partial charge in [0.2, 0.25) is 5.89 Å². The maximum atomic E-state index is 12.7. The number of hydrogen-bond donors (Lipinski definition) is 1. The number of aromatic nitrogens is 2. The van der Waals surface area contributed by atoms with Crippen molar-refractivity contribution in [3.63, 3.8) is 0 Å². The minimum atomic E-state index is -0.0651. The van der Waals surface area contributed by atoms with E-state index in [4.69, 9.17) is 14.9 Å². The highest BCUT2D eigenvalue weighted by Crippen LogP contribution is 2.30. The van der Waals surface area contributed by atoms with Crippen LogP contribution in [0, 0.1) is 0 Å². The maximum absolute atomic E-state index is 12.7. The van der Waals surface area contributed by atoms with E-state index in [2.05, 4.69) is 30.7 Å². The zero-order valence-electron chi connectivity index (χ0n) is 24.6. The van der Waals surface area contributed by atoms with Gasteiger partial charge in [-0.3, -0.25) is 9.59 Å². The lowest BCUT2D eigenvalue weighted by molar-refractivity contribution is -0.119. The van der Waals surface area contributed by atoms with Crippen molar-refractivity contribution >= 4 is 40.4 Å². The van der Waals surface area contributed by atoms with Crippen LogP contribution in [-0.2, 0) is 40.0 Å². The van der Waals surface area contributed by atoms with Crippen LogP contribution in [0.1, 0.15) is 74.2 Å². The third-order valence-electron chi connectivity index (χ3n) is 6.65. The van der Waals surface area contributed by atoms with Crippen LogP contribution in [0.2, 0.25) is 0 Å². The Kier molecular flexibility index (Phi) is 11.4. The van der Waals surface area contributed by atoms with Gasteiger partial charge in [0, 0.05) is 30.4 Å². The van der Waals surface area contributed by atoms with E-state index in [0.29, 0.717) is 49.6 Å². The first-order valence-electron chi connectivity index (χ1n) is 14.3. The SMILES string of the molecule is CC(C)(C)c1cnc(CSc2cnc(CC(=O)Cc3ccc(OCCCCCC(=O)Cc4ccccc4N)cc3)s2)o1. The second kappa shape index (κ2) is 15.2. The third kappa shape index (κ3) is 10.1. The van der Waals surface area contributed by atoms with Crippen LogP contribution in [0.15, 0.2) is 69.6 Å². The van der Waals surface area contributed by atoms with E-state index < -0.39 is 0 Å². The Bertz CT molecular complexity index is 1450. The minimum Gasteiger partial charge on any atom is -0.494 e. The van der Waals surface area contributed by atoms with Crippen LogP contribution in [0.3, 0.4) is 0 Å². The molecule has 9 heteroatoms. The first-order chi connectivity index (χ1) is 20.2. The Balaban J connectivity index is 1.10. The number of oxazole rings is 1. The summed E-state index contributed by atoms with van der Waals surface area (Å²) in [4.78, 5) is 33.7. The van der Waals surface area contributed by atoms with Crippen molar-refractivity contribution in [3.8, 4) is 5.75 Å². The van der Waals surface area contributed by atoms with E-state index >= 15 is 0 Å². The Hall–Kier alpha value is -3.43. The van der Waals surface area contributed by atoms with Gasteiger partial charge in [0.25, 0.3) is 0 Å². The molecule has 2 N–H and O–H groups in total. The number of benzene rings is 2. The number of anilines is 1. The van der Waals surface area contributed by atoms with Crippen LogP contribution in [0.4, 0.5) is 5.69 Å². The van der Waals surface area contributed by atoms with Crippen molar-refractivity contribution in [1.29, 1.82) is 0 Å². The molecule has 0 bridgehead atoms. The molecule has 2 aromatic heterocycles. The van der Waals surface area contributed by atoms with Gasteiger partial charge in [-0.2, -0.15) is 0 Å². The van der Waals surface area contributed by atoms with Gasteiger partial charge >= 0.3 is 0 Å². The lowest BCUT2D eigenvalue weighted by atomic mass is 9.94. The number of thioether (sulfide) groups is 1. The van der Waals surface area contributed by atoms with Crippen LogP contribution < -0.4 is 10.5 Å². The molecule has 0 aliphatic heterocycles. The number of nitrogens with zero attached hydrogens (tertiary/aromatic N) is 2. The van der Waals surface area contributed by atoms with Crippen LogP contribution >= 0.6 is 23.1 Å². The summed E-state index contributed by atoms with van der Waals surface area (Å²) < 4.78 is 12.7. The van der Waals surface area contributed by atoms with Crippen LogP contribution in [-0.4, -0.2) is 28.1 Å². The summed E-state index contributed by atoms with van der Waals surface area (Å²) in [6.07, 6.45) is 7.88. The van der Waals surface area contributed by atoms with E-state index in [1.54, 1.807) is 29.3 Å². The average Bonchev–Trinajstić information content (AvgIpc) is 3.61. The van der Waals surface area contributed by atoms with E-state index in [1.807, 2.05) is 54.7 Å². The number of Topliss-reactive ketones (excluding diaryl/α,β-unsaturated/α-hetero) is 2. The Labute approximate surface area is 256 Å². The fourth-order valence-corrected chi connectivity index (χ4v) is 6.15. The Morgan fingerprint density at radius 3 is 2.45 bits per heavy atom. The standard InChI is InChI=1S/C33H39N3O4S2/c1-33(2,3)29-20-35-30(40-29)22-41-32-21-36-31(42-32)19-26(38)17-23-12-14-27(15-13-23)39-16-8-4-5-10-25(37)18-24-9-6-7-11-28(24)34/h6-7,9,11-15,20-21H,4-5,8,10,16-19,22,34H2,1-3H3. The number of ether oxygens (including phenoxy) is 1. The monoisotopic (exact) mass is 605 g/mol. The molecule has 222 valence electrons. The fourth-order valence-electron chi connectivity index (χ4n) is 4.25. The second-order valence-electron chi connectivity index (χ2n) is 11.3. The molecule has 42 heavy (non-hydrogen) atoms. The molecule has 2 heterocycles. The first-order valence-corrected chi connectivity index (χ1v) is 16.1. The van der Waals surface area contributed by atoms with E-state index in [9.17, 15) is 9.59 Å². The van der Waals surface area contributed by atoms with Gasteiger partial charge in [-0.1, -0.05) is 51.1 Å². The summed E-state index contributed by atoms with van der Waals surface area (Å²) >= 11 is 3.16. The average molecular weight is 606 g/mol. The van der Waals surface area contributed by atoms with Gasteiger partial charge in [0.1, 0.15) is 28.1 Å². The highest BCUT2D eigenvalue weighted by molar-refractivity contribution is 8.00. The van der Waals surface area contributed by atoms with Crippen molar-refractivity contribution < 1.29 is 18.7 Å². The Morgan fingerprint density at radius 2 is 1.71 bits per heavy atom. The first kappa shape index (κ1) is 31.5. The predicted octanol–water partition coefficient (Wildman–Crippen LogP) is 7.41. The van der Waals surface area contributed by atoms with E-state index in [-0.39, 0.29) is 17.0 Å². The molecule has 0 aliphatic rings. The number of carbonyl (C=O) groups excluding carboxylic acids is 2. The molecule has 0 atom stereocenters. The van der Waals surface area contributed by atoms with Gasteiger partial charge in [-0.25, -0.2) is 9.97 Å². The molecular formula is C33H39N3O4S2. The number of hydrogen-bond acceptors (Lipinski definition) is 9. The number of thiazole rings is 1. The molecule has 0 aliphatic carbocycles. The molecule has 0 saturated carbocycles. The lowest BCUT2D eigenvalue weighted by Gasteiger charge is -2.12. The molecular weight excluding hydrogens is 567 g/mol. The highest BCUT2D eigenvalue weighted by Gasteiger charge is 2.19. The van der Waals surface area contributed by atoms with Crippen molar-refractivity contribution in [2.24, 2.45) is 0 Å². The van der Waals surface area contributed by atoms with Gasteiger partial charge in [-0.15, -0.1) is 23.1 Å². The van der Waals surface area contributed by atoms with Crippen molar-refractivity contribution in [2.75, 3.05) is 12.3 Å². The molecule has 4 rings (SSSR count). The minimum absolute atomic E-state index is 0.0651. The van der Waals surface area contributed by atoms with Crippen molar-refractivity contribution in [1.82, 2.24) is 9.97 Å². The van der Waals surface area contributed by atoms with Crippen molar-refractivity contribution in [3.05, 3.63) is 88.7 Å². The predicted molar refractivity (Wildman–Crippen MR) is 169 cm³/mol.